The summed E-state index contributed by atoms with van der Waals surface area (Å²) in [6.07, 6.45) is 7.57. The summed E-state index contributed by atoms with van der Waals surface area (Å²) in [6.45, 7) is 1.97. The molecule has 1 nitrogen and oxygen atoms in total. The van der Waals surface area contributed by atoms with Crippen molar-refractivity contribution in [1.82, 2.24) is 0 Å². The molecule has 2 aromatic rings. The molecule has 0 aromatic heterocycles. The molecular formula is C22H22F4O. The molecule has 2 aromatic carbocycles. The topological polar surface area (TPSA) is 9.23 Å². The number of allylic oxidation sites excluding steroid dienone is 2. The zero-order valence-corrected chi connectivity index (χ0v) is 15.4. The minimum Gasteiger partial charge on any atom is -0.494 e. The van der Waals surface area contributed by atoms with E-state index >= 15 is 0 Å². The Labute approximate surface area is 156 Å². The van der Waals surface area contributed by atoms with Gasteiger partial charge in [0.2, 0.25) is 5.82 Å². The molecule has 0 saturated heterocycles. The van der Waals surface area contributed by atoms with Gasteiger partial charge < -0.3 is 4.74 Å². The van der Waals surface area contributed by atoms with E-state index in [-0.39, 0.29) is 22.8 Å². The van der Waals surface area contributed by atoms with Gasteiger partial charge in [-0.1, -0.05) is 24.3 Å². The van der Waals surface area contributed by atoms with Crippen LogP contribution in [-0.4, -0.2) is 7.11 Å². The van der Waals surface area contributed by atoms with Crippen molar-refractivity contribution in [2.75, 3.05) is 7.11 Å². The Morgan fingerprint density at radius 2 is 1.41 bits per heavy atom. The zero-order valence-electron chi connectivity index (χ0n) is 15.4. The van der Waals surface area contributed by atoms with Gasteiger partial charge in [0.05, 0.1) is 7.11 Å². The fraction of sp³-hybridized carbons (Fsp3) is 0.364. The first kappa shape index (κ1) is 19.5. The van der Waals surface area contributed by atoms with Gasteiger partial charge >= 0.3 is 0 Å². The molecule has 1 aliphatic carbocycles. The monoisotopic (exact) mass is 378 g/mol. The Morgan fingerprint density at radius 1 is 0.815 bits per heavy atom. The molecule has 0 bridgehead atoms. The van der Waals surface area contributed by atoms with E-state index in [1.165, 1.54) is 31.4 Å². The van der Waals surface area contributed by atoms with E-state index in [9.17, 15) is 17.6 Å². The van der Waals surface area contributed by atoms with Crippen LogP contribution in [0.1, 0.15) is 44.1 Å². The minimum atomic E-state index is -1.26. The highest BCUT2D eigenvalue weighted by Gasteiger charge is 2.27. The number of halogens is 4. The average molecular weight is 378 g/mol. The molecule has 1 aliphatic rings. The van der Waals surface area contributed by atoms with Crippen molar-refractivity contribution in [2.45, 2.75) is 38.5 Å². The fourth-order valence-electron chi connectivity index (χ4n) is 3.88. The molecule has 0 spiro atoms. The number of ether oxygens (including phenoxy) is 1. The van der Waals surface area contributed by atoms with Crippen molar-refractivity contribution in [3.8, 4) is 16.9 Å². The molecule has 0 unspecified atom stereocenters. The summed E-state index contributed by atoms with van der Waals surface area (Å²) in [6, 6.07) is 5.21. The van der Waals surface area contributed by atoms with Gasteiger partial charge in [-0.2, -0.15) is 4.39 Å². The van der Waals surface area contributed by atoms with Crippen molar-refractivity contribution in [3.05, 3.63) is 65.2 Å². The van der Waals surface area contributed by atoms with E-state index in [4.69, 9.17) is 4.74 Å². The van der Waals surface area contributed by atoms with Gasteiger partial charge in [0.25, 0.3) is 0 Å². The molecule has 3 rings (SSSR count). The number of hydrogen-bond donors (Lipinski definition) is 0. The Kier molecular flexibility index (Phi) is 5.88. The predicted molar refractivity (Wildman–Crippen MR) is 97.8 cm³/mol. The molecule has 0 amide bonds. The van der Waals surface area contributed by atoms with Crippen molar-refractivity contribution >= 4 is 0 Å². The normalized spacial score (nSPS) is 20.2. The van der Waals surface area contributed by atoms with Gasteiger partial charge in [0, 0.05) is 11.1 Å². The Hall–Kier alpha value is -2.30. The summed E-state index contributed by atoms with van der Waals surface area (Å²) < 4.78 is 62.3. The maximum atomic E-state index is 14.7. The molecule has 1 saturated carbocycles. The summed E-state index contributed by atoms with van der Waals surface area (Å²) in [5.41, 5.74) is -0.310. The first-order chi connectivity index (χ1) is 13.0. The molecule has 0 N–H and O–H groups in total. The quantitative estimate of drug-likeness (QED) is 0.421. The van der Waals surface area contributed by atoms with E-state index in [1.54, 1.807) is 0 Å². The molecule has 27 heavy (non-hydrogen) atoms. The third kappa shape index (κ3) is 3.73. The van der Waals surface area contributed by atoms with Crippen molar-refractivity contribution in [3.63, 3.8) is 0 Å². The predicted octanol–water partition coefficient (Wildman–Crippen LogP) is 6.77. The SMILES string of the molecule is C/C=C/C1CCC(c2ccc(-c3ccc(OC)c(F)c3F)c(F)c2F)CC1. The second-order valence-corrected chi connectivity index (χ2v) is 6.91. The molecule has 0 radical (unpaired) electrons. The van der Waals surface area contributed by atoms with Crippen LogP contribution >= 0.6 is 0 Å². The Bertz CT molecular complexity index is 852. The summed E-state index contributed by atoms with van der Waals surface area (Å²) in [5, 5.41) is 0. The Balaban J connectivity index is 1.92. The molecule has 144 valence electrons. The molecule has 1 fully saturated rings. The van der Waals surface area contributed by atoms with Crippen molar-refractivity contribution < 1.29 is 22.3 Å². The maximum absolute atomic E-state index is 14.7. The van der Waals surface area contributed by atoms with Gasteiger partial charge in [-0.3, -0.25) is 0 Å². The Morgan fingerprint density at radius 3 is 2.00 bits per heavy atom. The summed E-state index contributed by atoms with van der Waals surface area (Å²) in [5.74, 6) is -4.47. The molecule has 0 heterocycles. The van der Waals surface area contributed by atoms with Crippen LogP contribution < -0.4 is 4.74 Å². The highest BCUT2D eigenvalue weighted by molar-refractivity contribution is 5.66. The van der Waals surface area contributed by atoms with Crippen LogP contribution in [0.5, 0.6) is 5.75 Å². The minimum absolute atomic E-state index is 0.0625. The fourth-order valence-corrected chi connectivity index (χ4v) is 3.88. The van der Waals surface area contributed by atoms with Crippen LogP contribution in [-0.2, 0) is 0 Å². The summed E-state index contributed by atoms with van der Waals surface area (Å²) in [4.78, 5) is 0. The summed E-state index contributed by atoms with van der Waals surface area (Å²) >= 11 is 0. The van der Waals surface area contributed by atoms with Crippen LogP contribution in [0.2, 0.25) is 0 Å². The van der Waals surface area contributed by atoms with Gasteiger partial charge in [-0.15, -0.1) is 0 Å². The highest BCUT2D eigenvalue weighted by Crippen LogP contribution is 2.40. The number of methoxy groups -OCH3 is 1. The number of rotatable bonds is 4. The largest absolute Gasteiger partial charge is 0.494 e. The smallest absolute Gasteiger partial charge is 0.201 e. The lowest BCUT2D eigenvalue weighted by molar-refractivity contribution is 0.364. The van der Waals surface area contributed by atoms with Gasteiger partial charge in [0.1, 0.15) is 0 Å². The molecule has 0 aliphatic heterocycles. The van der Waals surface area contributed by atoms with Crippen molar-refractivity contribution in [2.24, 2.45) is 5.92 Å². The van der Waals surface area contributed by atoms with E-state index in [1.807, 2.05) is 13.0 Å². The van der Waals surface area contributed by atoms with Crippen molar-refractivity contribution in [1.29, 1.82) is 0 Å². The van der Waals surface area contributed by atoms with E-state index in [0.29, 0.717) is 11.5 Å². The lowest BCUT2D eigenvalue weighted by atomic mass is 9.78. The molecule has 0 atom stereocenters. The third-order valence-corrected chi connectivity index (χ3v) is 5.35. The van der Waals surface area contributed by atoms with Gasteiger partial charge in [0.15, 0.2) is 23.2 Å². The summed E-state index contributed by atoms with van der Waals surface area (Å²) in [7, 11) is 1.21. The zero-order chi connectivity index (χ0) is 19.6. The van der Waals surface area contributed by atoms with Gasteiger partial charge in [-0.25, -0.2) is 13.2 Å². The van der Waals surface area contributed by atoms with Crippen LogP contribution in [0.3, 0.4) is 0 Å². The molecular weight excluding hydrogens is 356 g/mol. The second kappa shape index (κ2) is 8.15. The molecule has 5 heteroatoms. The maximum Gasteiger partial charge on any atom is 0.201 e. The van der Waals surface area contributed by atoms with Crippen LogP contribution in [0.25, 0.3) is 11.1 Å². The first-order valence-corrected chi connectivity index (χ1v) is 9.11. The van der Waals surface area contributed by atoms with E-state index in [2.05, 4.69) is 6.08 Å². The van der Waals surface area contributed by atoms with Gasteiger partial charge in [-0.05, 0) is 62.1 Å². The number of benzene rings is 2. The average Bonchev–Trinajstić information content (AvgIpc) is 2.68. The third-order valence-electron chi connectivity index (χ3n) is 5.35. The lowest BCUT2D eigenvalue weighted by Crippen LogP contribution is -2.13. The standard InChI is InChI=1S/C22H22F4O/c1-3-4-13-5-7-14(8-6-13)15-9-10-16(20(24)19(15)23)17-11-12-18(27-2)22(26)21(17)25/h3-4,9-14H,5-8H2,1-2H3/b4-3+. The van der Waals surface area contributed by atoms with E-state index < -0.39 is 23.3 Å². The van der Waals surface area contributed by atoms with Crippen LogP contribution in [0.15, 0.2) is 36.4 Å². The van der Waals surface area contributed by atoms with Crippen LogP contribution in [0.4, 0.5) is 17.6 Å². The number of hydrogen-bond acceptors (Lipinski definition) is 1. The highest BCUT2D eigenvalue weighted by atomic mass is 19.2. The van der Waals surface area contributed by atoms with Crippen LogP contribution in [0, 0.1) is 29.2 Å². The second-order valence-electron chi connectivity index (χ2n) is 6.91. The first-order valence-electron chi connectivity index (χ1n) is 9.11. The van der Waals surface area contributed by atoms with E-state index in [0.717, 1.165) is 25.7 Å². The lowest BCUT2D eigenvalue weighted by Gasteiger charge is -2.27.